The molecule has 0 radical (unpaired) electrons. The fourth-order valence-electron chi connectivity index (χ4n) is 2.02. The molecule has 4 heteroatoms. The van der Waals surface area contributed by atoms with Crippen LogP contribution < -0.4 is 9.47 Å². The molecule has 4 nitrogen and oxygen atoms in total. The van der Waals surface area contributed by atoms with Crippen molar-refractivity contribution in [3.05, 3.63) is 48.0 Å². The molecule has 0 heterocycles. The number of para-hydroxylation sites is 1. The Bertz CT molecular complexity index is 654. The van der Waals surface area contributed by atoms with E-state index in [4.69, 9.17) is 9.47 Å². The van der Waals surface area contributed by atoms with E-state index in [1.807, 2.05) is 49.4 Å². The molecule has 0 unspecified atom stereocenters. The van der Waals surface area contributed by atoms with E-state index in [0.29, 0.717) is 13.2 Å². The number of rotatable bonds is 8. The van der Waals surface area contributed by atoms with Gasteiger partial charge in [0.05, 0.1) is 13.2 Å². The minimum Gasteiger partial charge on any atom is -0.491 e. The Morgan fingerprint density at radius 1 is 0.783 bits per heavy atom. The topological polar surface area (TPSA) is 43.2 Å². The van der Waals surface area contributed by atoms with Gasteiger partial charge in [-0.1, -0.05) is 32.0 Å². The molecule has 0 amide bonds. The molecule has 0 spiro atoms. The van der Waals surface area contributed by atoms with Crippen molar-refractivity contribution in [2.24, 2.45) is 10.2 Å². The average Bonchev–Trinajstić information content (AvgIpc) is 2.58. The molecular formula is C19H24N2O2. The number of hydrogen-bond donors (Lipinski definition) is 0. The van der Waals surface area contributed by atoms with E-state index in [1.165, 1.54) is 0 Å². The quantitative estimate of drug-likeness (QED) is 0.562. The first-order valence-electron chi connectivity index (χ1n) is 8.11. The van der Waals surface area contributed by atoms with Gasteiger partial charge >= 0.3 is 0 Å². The van der Waals surface area contributed by atoms with E-state index >= 15 is 0 Å². The summed E-state index contributed by atoms with van der Waals surface area (Å²) in [5, 5.41) is 8.74. The Kier molecular flexibility index (Phi) is 6.60. The first-order valence-corrected chi connectivity index (χ1v) is 8.11. The first-order chi connectivity index (χ1) is 11.2. The molecule has 0 aliphatic carbocycles. The molecule has 0 bridgehead atoms. The van der Waals surface area contributed by atoms with Gasteiger partial charge in [0, 0.05) is 0 Å². The monoisotopic (exact) mass is 312 g/mol. The van der Waals surface area contributed by atoms with E-state index in [1.54, 1.807) is 0 Å². The fraction of sp³-hybridized carbons (Fsp3) is 0.368. The van der Waals surface area contributed by atoms with E-state index in [0.717, 1.165) is 41.3 Å². The third kappa shape index (κ3) is 5.09. The molecular weight excluding hydrogens is 288 g/mol. The SMILES string of the molecule is CCCOc1ccccc1N=Nc1cc(C)ccc1OCCC. The number of nitrogens with zero attached hydrogens (tertiary/aromatic N) is 2. The minimum absolute atomic E-state index is 0.668. The number of aryl methyl sites for hydroxylation is 1. The highest BCUT2D eigenvalue weighted by molar-refractivity contribution is 5.55. The second-order valence-electron chi connectivity index (χ2n) is 5.34. The van der Waals surface area contributed by atoms with Crippen molar-refractivity contribution in [2.75, 3.05) is 13.2 Å². The molecule has 0 aliphatic rings. The van der Waals surface area contributed by atoms with Crippen LogP contribution in [-0.2, 0) is 0 Å². The highest BCUT2D eigenvalue weighted by Gasteiger charge is 2.05. The van der Waals surface area contributed by atoms with Gasteiger partial charge in [-0.2, -0.15) is 0 Å². The van der Waals surface area contributed by atoms with Crippen LogP contribution in [0, 0.1) is 6.92 Å². The second kappa shape index (κ2) is 8.93. The Morgan fingerprint density at radius 3 is 2.09 bits per heavy atom. The Morgan fingerprint density at radius 2 is 1.39 bits per heavy atom. The van der Waals surface area contributed by atoms with Crippen molar-refractivity contribution >= 4 is 11.4 Å². The maximum absolute atomic E-state index is 5.74. The highest BCUT2D eigenvalue weighted by atomic mass is 16.5. The van der Waals surface area contributed by atoms with Crippen molar-refractivity contribution in [3.63, 3.8) is 0 Å². The van der Waals surface area contributed by atoms with E-state index in [2.05, 4.69) is 24.1 Å². The number of hydrogen-bond acceptors (Lipinski definition) is 4. The molecule has 0 fully saturated rings. The van der Waals surface area contributed by atoms with Gasteiger partial charge in [-0.25, -0.2) is 0 Å². The molecule has 0 N–H and O–H groups in total. The predicted octanol–water partition coefficient (Wildman–Crippen LogP) is 5.99. The fourth-order valence-corrected chi connectivity index (χ4v) is 2.02. The summed E-state index contributed by atoms with van der Waals surface area (Å²) in [4.78, 5) is 0. The van der Waals surface area contributed by atoms with Crippen LogP contribution in [0.25, 0.3) is 0 Å². The molecule has 23 heavy (non-hydrogen) atoms. The van der Waals surface area contributed by atoms with Gasteiger partial charge in [0.2, 0.25) is 0 Å². The zero-order valence-electron chi connectivity index (χ0n) is 14.1. The van der Waals surface area contributed by atoms with Gasteiger partial charge < -0.3 is 9.47 Å². The van der Waals surface area contributed by atoms with Crippen LogP contribution in [0.3, 0.4) is 0 Å². The summed E-state index contributed by atoms with van der Waals surface area (Å²) in [7, 11) is 0. The zero-order valence-corrected chi connectivity index (χ0v) is 14.1. The van der Waals surface area contributed by atoms with Crippen molar-refractivity contribution < 1.29 is 9.47 Å². The smallest absolute Gasteiger partial charge is 0.146 e. The van der Waals surface area contributed by atoms with Crippen LogP contribution in [0.5, 0.6) is 11.5 Å². The maximum Gasteiger partial charge on any atom is 0.146 e. The standard InChI is InChI=1S/C19H24N2O2/c1-4-12-22-18-9-7-6-8-16(18)20-21-17-14-15(3)10-11-19(17)23-13-5-2/h6-11,14H,4-5,12-13H2,1-3H3. The molecule has 2 rings (SSSR count). The maximum atomic E-state index is 5.74. The van der Waals surface area contributed by atoms with E-state index in [-0.39, 0.29) is 0 Å². The minimum atomic E-state index is 0.668. The van der Waals surface area contributed by atoms with Crippen LogP contribution in [-0.4, -0.2) is 13.2 Å². The molecule has 2 aromatic rings. The molecule has 2 aromatic carbocycles. The normalized spacial score (nSPS) is 10.9. The van der Waals surface area contributed by atoms with Crippen molar-refractivity contribution in [1.29, 1.82) is 0 Å². The summed E-state index contributed by atoms with van der Waals surface area (Å²) in [5.74, 6) is 1.51. The Hall–Kier alpha value is -2.36. The number of benzene rings is 2. The summed E-state index contributed by atoms with van der Waals surface area (Å²) in [6.45, 7) is 7.52. The van der Waals surface area contributed by atoms with Crippen molar-refractivity contribution in [3.8, 4) is 11.5 Å². The van der Waals surface area contributed by atoms with E-state index in [9.17, 15) is 0 Å². The molecule has 0 saturated heterocycles. The summed E-state index contributed by atoms with van der Waals surface area (Å²) >= 11 is 0. The number of ether oxygens (including phenoxy) is 2. The third-order valence-electron chi connectivity index (χ3n) is 3.17. The zero-order chi connectivity index (χ0) is 16.5. The lowest BCUT2D eigenvalue weighted by molar-refractivity contribution is 0.317. The Labute approximate surface area is 138 Å². The van der Waals surface area contributed by atoms with Crippen LogP contribution in [0.1, 0.15) is 32.3 Å². The van der Waals surface area contributed by atoms with Gasteiger partial charge in [0.15, 0.2) is 0 Å². The van der Waals surface area contributed by atoms with Crippen LogP contribution in [0.4, 0.5) is 11.4 Å². The van der Waals surface area contributed by atoms with E-state index < -0.39 is 0 Å². The van der Waals surface area contributed by atoms with Gasteiger partial charge in [-0.3, -0.25) is 0 Å². The first kappa shape index (κ1) is 17.0. The Balaban J connectivity index is 2.24. The van der Waals surface area contributed by atoms with Crippen LogP contribution >= 0.6 is 0 Å². The van der Waals surface area contributed by atoms with Crippen LogP contribution in [0.2, 0.25) is 0 Å². The number of azo groups is 1. The summed E-state index contributed by atoms with van der Waals surface area (Å²) in [5.41, 5.74) is 2.59. The van der Waals surface area contributed by atoms with Crippen LogP contribution in [0.15, 0.2) is 52.7 Å². The average molecular weight is 312 g/mol. The lowest BCUT2D eigenvalue weighted by atomic mass is 10.2. The highest BCUT2D eigenvalue weighted by Crippen LogP contribution is 2.33. The van der Waals surface area contributed by atoms with Gasteiger partial charge in [0.1, 0.15) is 22.9 Å². The van der Waals surface area contributed by atoms with Crippen molar-refractivity contribution in [2.45, 2.75) is 33.6 Å². The summed E-state index contributed by atoms with van der Waals surface area (Å²) < 4.78 is 11.4. The summed E-state index contributed by atoms with van der Waals surface area (Å²) in [6.07, 6.45) is 1.91. The molecule has 0 aromatic heterocycles. The van der Waals surface area contributed by atoms with Gasteiger partial charge in [-0.15, -0.1) is 10.2 Å². The lowest BCUT2D eigenvalue weighted by Crippen LogP contribution is -1.95. The predicted molar refractivity (Wildman–Crippen MR) is 93.4 cm³/mol. The molecule has 0 aliphatic heterocycles. The molecule has 0 atom stereocenters. The summed E-state index contributed by atoms with van der Waals surface area (Å²) in [6, 6.07) is 13.6. The van der Waals surface area contributed by atoms with Crippen molar-refractivity contribution in [1.82, 2.24) is 0 Å². The van der Waals surface area contributed by atoms with Gasteiger partial charge in [0.25, 0.3) is 0 Å². The molecule has 122 valence electrons. The molecule has 0 saturated carbocycles. The van der Waals surface area contributed by atoms with Gasteiger partial charge in [-0.05, 0) is 49.6 Å². The largest absolute Gasteiger partial charge is 0.491 e. The lowest BCUT2D eigenvalue weighted by Gasteiger charge is -2.09. The third-order valence-corrected chi connectivity index (χ3v) is 3.17. The second-order valence-corrected chi connectivity index (χ2v) is 5.34.